The van der Waals surface area contributed by atoms with Gasteiger partial charge in [-0.15, -0.1) is 0 Å². The van der Waals surface area contributed by atoms with Crippen LogP contribution in [0.4, 0.5) is 10.5 Å². The van der Waals surface area contributed by atoms with Crippen molar-refractivity contribution in [2.24, 2.45) is 10.7 Å². The highest BCUT2D eigenvalue weighted by atomic mass is 16.6. The van der Waals surface area contributed by atoms with Crippen molar-refractivity contribution in [1.29, 1.82) is 0 Å². The van der Waals surface area contributed by atoms with Gasteiger partial charge in [0.1, 0.15) is 5.60 Å². The molecule has 1 aliphatic heterocycles. The zero-order chi connectivity index (χ0) is 18.9. The summed E-state index contributed by atoms with van der Waals surface area (Å²) in [4.78, 5) is 30.9. The lowest BCUT2D eigenvalue weighted by Gasteiger charge is -2.26. The first-order chi connectivity index (χ1) is 12.3. The van der Waals surface area contributed by atoms with Crippen LogP contribution in [-0.2, 0) is 9.53 Å². The van der Waals surface area contributed by atoms with E-state index < -0.39 is 23.8 Å². The van der Waals surface area contributed by atoms with E-state index in [2.05, 4.69) is 4.99 Å². The number of benzodiazepines with no additional fused rings is 1. The molecule has 1 aliphatic rings. The third-order valence-electron chi connectivity index (χ3n) is 3.76. The standard InChI is InChI=1S/C20H21N3O3/c1-20(2,3)26-19(25)23-15-12-8-7-11-14(15)16(22-17(21)18(23)24)13-9-5-4-6-10-13/h4-12,17H,21H2,1-3H3/t17-/m1/s1. The molecule has 0 aliphatic carbocycles. The second-order valence-corrected chi connectivity index (χ2v) is 6.96. The van der Waals surface area contributed by atoms with Crippen molar-refractivity contribution < 1.29 is 14.3 Å². The van der Waals surface area contributed by atoms with Gasteiger partial charge < -0.3 is 10.5 Å². The van der Waals surface area contributed by atoms with Crippen molar-refractivity contribution in [3.63, 3.8) is 0 Å². The first-order valence-corrected chi connectivity index (χ1v) is 8.33. The number of hydrogen-bond acceptors (Lipinski definition) is 5. The fourth-order valence-electron chi connectivity index (χ4n) is 2.71. The summed E-state index contributed by atoms with van der Waals surface area (Å²) in [6.07, 6.45) is -1.97. The maximum absolute atomic E-state index is 12.8. The number of nitrogens with zero attached hydrogens (tertiary/aromatic N) is 2. The molecule has 6 nitrogen and oxygen atoms in total. The number of anilines is 1. The van der Waals surface area contributed by atoms with Gasteiger partial charge >= 0.3 is 6.09 Å². The maximum atomic E-state index is 12.8. The summed E-state index contributed by atoms with van der Waals surface area (Å²) < 4.78 is 5.41. The zero-order valence-corrected chi connectivity index (χ0v) is 15.0. The first kappa shape index (κ1) is 17.8. The fourth-order valence-corrected chi connectivity index (χ4v) is 2.71. The molecule has 1 heterocycles. The summed E-state index contributed by atoms with van der Waals surface area (Å²) in [6, 6.07) is 16.5. The van der Waals surface area contributed by atoms with E-state index >= 15 is 0 Å². The van der Waals surface area contributed by atoms with Gasteiger partial charge in [-0.1, -0.05) is 48.5 Å². The Morgan fingerprint density at radius 2 is 1.69 bits per heavy atom. The lowest BCUT2D eigenvalue weighted by Crippen LogP contribution is -2.47. The predicted molar refractivity (Wildman–Crippen MR) is 100 cm³/mol. The number of carbonyl (C=O) groups excluding carboxylic acids is 2. The molecule has 0 bridgehead atoms. The first-order valence-electron chi connectivity index (χ1n) is 8.33. The number of carbonyl (C=O) groups is 2. The van der Waals surface area contributed by atoms with E-state index in [0.717, 1.165) is 10.5 Å². The number of imide groups is 1. The largest absolute Gasteiger partial charge is 0.443 e. The number of hydrogen-bond donors (Lipinski definition) is 1. The Morgan fingerprint density at radius 3 is 2.35 bits per heavy atom. The van der Waals surface area contributed by atoms with E-state index in [9.17, 15) is 9.59 Å². The van der Waals surface area contributed by atoms with Crippen LogP contribution in [0.3, 0.4) is 0 Å². The van der Waals surface area contributed by atoms with Crippen LogP contribution in [0.5, 0.6) is 0 Å². The summed E-state index contributed by atoms with van der Waals surface area (Å²) in [6.45, 7) is 5.22. The van der Waals surface area contributed by atoms with Gasteiger partial charge in [0.25, 0.3) is 5.91 Å². The van der Waals surface area contributed by atoms with Crippen LogP contribution < -0.4 is 10.6 Å². The van der Waals surface area contributed by atoms with Gasteiger partial charge in [-0.05, 0) is 26.8 Å². The second-order valence-electron chi connectivity index (χ2n) is 6.96. The highest BCUT2D eigenvalue weighted by Gasteiger charge is 2.36. The van der Waals surface area contributed by atoms with Crippen LogP contribution in [0.25, 0.3) is 0 Å². The molecular weight excluding hydrogens is 330 g/mol. The maximum Gasteiger partial charge on any atom is 0.421 e. The van der Waals surface area contributed by atoms with Crippen molar-refractivity contribution >= 4 is 23.4 Å². The smallest absolute Gasteiger partial charge is 0.421 e. The van der Waals surface area contributed by atoms with Crippen molar-refractivity contribution in [3.8, 4) is 0 Å². The van der Waals surface area contributed by atoms with E-state index in [-0.39, 0.29) is 0 Å². The van der Waals surface area contributed by atoms with E-state index in [1.165, 1.54) is 0 Å². The molecule has 1 atom stereocenters. The molecular formula is C20H21N3O3. The van der Waals surface area contributed by atoms with E-state index in [1.54, 1.807) is 32.9 Å². The molecule has 0 saturated heterocycles. The molecule has 0 aromatic heterocycles. The molecule has 26 heavy (non-hydrogen) atoms. The van der Waals surface area contributed by atoms with Crippen molar-refractivity contribution in [1.82, 2.24) is 0 Å². The quantitative estimate of drug-likeness (QED) is 0.855. The van der Waals surface area contributed by atoms with Crippen molar-refractivity contribution in [2.45, 2.75) is 32.5 Å². The van der Waals surface area contributed by atoms with Gasteiger partial charge in [0.2, 0.25) is 0 Å². The minimum atomic E-state index is -1.20. The Balaban J connectivity index is 2.15. The molecule has 2 amide bonds. The Morgan fingerprint density at radius 1 is 1.08 bits per heavy atom. The molecule has 0 fully saturated rings. The average molecular weight is 351 g/mol. The van der Waals surface area contributed by atoms with Gasteiger partial charge in [0.05, 0.1) is 11.4 Å². The van der Waals surface area contributed by atoms with Crippen LogP contribution >= 0.6 is 0 Å². The number of amides is 2. The topological polar surface area (TPSA) is 85.0 Å². The lowest BCUT2D eigenvalue weighted by molar-refractivity contribution is -0.119. The van der Waals surface area contributed by atoms with Crippen LogP contribution in [0.15, 0.2) is 59.6 Å². The third kappa shape index (κ3) is 3.50. The van der Waals surface area contributed by atoms with Crippen LogP contribution in [0.2, 0.25) is 0 Å². The zero-order valence-electron chi connectivity index (χ0n) is 15.0. The van der Waals surface area contributed by atoms with Gasteiger partial charge in [-0.25, -0.2) is 9.69 Å². The Kier molecular flexibility index (Phi) is 4.61. The monoisotopic (exact) mass is 351 g/mol. The SMILES string of the molecule is CC(C)(C)OC(=O)N1C(=O)[C@H](N)N=C(c2ccccc2)c2ccccc21. The Hall–Kier alpha value is -2.99. The van der Waals surface area contributed by atoms with Crippen LogP contribution in [0.1, 0.15) is 31.9 Å². The minimum absolute atomic E-state index is 0.405. The lowest BCUT2D eigenvalue weighted by atomic mass is 10.0. The summed E-state index contributed by atoms with van der Waals surface area (Å²) in [5, 5.41) is 0. The molecule has 6 heteroatoms. The molecule has 2 aromatic rings. The number of nitrogens with two attached hydrogens (primary N) is 1. The molecule has 134 valence electrons. The highest BCUT2D eigenvalue weighted by molar-refractivity contribution is 6.24. The summed E-state index contributed by atoms with van der Waals surface area (Å²) in [5.41, 5.74) is 7.67. The van der Waals surface area contributed by atoms with Gasteiger partial charge in [0, 0.05) is 11.1 Å². The summed E-state index contributed by atoms with van der Waals surface area (Å²) >= 11 is 0. The Labute approximate surface area is 152 Å². The number of ether oxygens (including phenoxy) is 1. The van der Waals surface area contributed by atoms with E-state index in [1.807, 2.05) is 42.5 Å². The number of para-hydroxylation sites is 1. The summed E-state index contributed by atoms with van der Waals surface area (Å²) in [7, 11) is 0. The normalized spacial score (nSPS) is 17.2. The fraction of sp³-hybridized carbons (Fsp3) is 0.250. The molecule has 3 rings (SSSR count). The predicted octanol–water partition coefficient (Wildman–Crippen LogP) is 3.09. The molecule has 0 spiro atoms. The number of rotatable bonds is 1. The Bertz CT molecular complexity index is 869. The number of aliphatic imine (C=N–C) groups is 1. The highest BCUT2D eigenvalue weighted by Crippen LogP contribution is 2.29. The molecule has 0 unspecified atom stereocenters. The molecule has 0 radical (unpaired) electrons. The minimum Gasteiger partial charge on any atom is -0.443 e. The van der Waals surface area contributed by atoms with Crippen molar-refractivity contribution in [3.05, 3.63) is 65.7 Å². The number of fused-ring (bicyclic) bond motifs is 1. The number of benzene rings is 2. The average Bonchev–Trinajstić information content (AvgIpc) is 2.69. The van der Waals surface area contributed by atoms with Crippen LogP contribution in [0, 0.1) is 0 Å². The van der Waals surface area contributed by atoms with Gasteiger partial charge in [0.15, 0.2) is 6.17 Å². The summed E-state index contributed by atoms with van der Waals surface area (Å²) in [5.74, 6) is -0.627. The molecule has 0 saturated carbocycles. The second kappa shape index (κ2) is 6.72. The molecule has 2 aromatic carbocycles. The van der Waals surface area contributed by atoms with E-state index in [4.69, 9.17) is 10.5 Å². The van der Waals surface area contributed by atoms with E-state index in [0.29, 0.717) is 17.0 Å². The van der Waals surface area contributed by atoms with Crippen molar-refractivity contribution in [2.75, 3.05) is 4.90 Å². The third-order valence-corrected chi connectivity index (χ3v) is 3.76. The molecule has 2 N–H and O–H groups in total. The van der Waals surface area contributed by atoms with Gasteiger partial charge in [-0.2, -0.15) is 0 Å². The van der Waals surface area contributed by atoms with Gasteiger partial charge in [-0.3, -0.25) is 9.79 Å². The van der Waals surface area contributed by atoms with Crippen LogP contribution in [-0.4, -0.2) is 29.5 Å².